The van der Waals surface area contributed by atoms with Gasteiger partial charge in [-0.25, -0.2) is 9.97 Å². The van der Waals surface area contributed by atoms with Gasteiger partial charge in [0.1, 0.15) is 37.4 Å². The molecule has 3 fully saturated rings. The number of nitrogen functional groups attached to an aromatic ring is 1. The fraction of sp³-hybridized carbons (Fsp3) is 0.533. The predicted octanol–water partition coefficient (Wildman–Crippen LogP) is 2.36. The van der Waals surface area contributed by atoms with Crippen LogP contribution in [0.4, 0.5) is 17.3 Å². The smallest absolute Gasteiger partial charge is 0.373 e. The van der Waals surface area contributed by atoms with E-state index in [2.05, 4.69) is 78.4 Å². The Morgan fingerprint density at radius 3 is 2.16 bits per heavy atom. The van der Waals surface area contributed by atoms with Crippen LogP contribution in [0, 0.1) is 23.2 Å². The lowest BCUT2D eigenvalue weighted by Gasteiger charge is -2.63. The van der Waals surface area contributed by atoms with Gasteiger partial charge in [-0.2, -0.15) is 43.3 Å². The van der Waals surface area contributed by atoms with Crippen LogP contribution in [-0.2, 0) is 110 Å². The Bertz CT molecular complexity index is 5370. The topological polar surface area (TPSA) is 626 Å². The van der Waals surface area contributed by atoms with Gasteiger partial charge in [0.15, 0.2) is 34.3 Å². The SMILES string of the molecule is CC[C@]1(O)C[C@H]2CN(CCc3c([nH]c4ccccc34)[C@@](COC=O)(c3cc4c(cc3OC)N(C)[C@H]3[C@@](O)(C(=O)NCC(=O)OCCSSCCCC(=O)[C@H](C)NC(=O)[C@H](C)CC(=O)[C@H](CCCN=C(N)N)NC(=O)[C@H](C)CC(=O)CC[C@@H](C)NC(=O)c5ccc(NCc6cnc7nc(N)[nH]c(=O)c7n6)cc5)[C@H](O)[C@]5(CC)C=CCN6CC[C@]43[C@@H]65)C2)C1.O=C=O.O=C=O.O=C=O.O=C=O. The third kappa shape index (κ3) is 25.1. The van der Waals surface area contributed by atoms with Crippen LogP contribution < -0.4 is 59.0 Å². The first-order chi connectivity index (χ1) is 63.5. The van der Waals surface area contributed by atoms with E-state index in [1.54, 1.807) is 59.1 Å². The number of aromatic amines is 2. The third-order valence-electron chi connectivity index (χ3n) is 25.5. The zero-order valence-corrected chi connectivity index (χ0v) is 76.9. The molecule has 6 aliphatic rings. The Morgan fingerprint density at radius 2 is 1.48 bits per heavy atom. The van der Waals surface area contributed by atoms with E-state index in [0.29, 0.717) is 130 Å². The van der Waals surface area contributed by atoms with E-state index < -0.39 is 117 Å². The number of rotatable bonds is 40. The molecule has 43 heteroatoms. The monoisotopic (exact) mass is 1880 g/mol. The lowest BCUT2D eigenvalue weighted by atomic mass is 9.47. The van der Waals surface area contributed by atoms with Gasteiger partial charge in [-0.15, -0.1) is 0 Å². The maximum absolute atomic E-state index is 15.3. The molecule has 1 unspecified atom stereocenters. The highest BCUT2D eigenvalue weighted by molar-refractivity contribution is 8.76. The van der Waals surface area contributed by atoms with Gasteiger partial charge in [0.25, 0.3) is 23.8 Å². The molecule has 41 nitrogen and oxygen atoms in total. The number of aromatic nitrogens is 5. The molecule has 716 valence electrons. The number of Topliss-reactive ketones (excluding diaryl/α,β-unsaturated/α-hetero) is 3. The largest absolute Gasteiger partial charge is 0.496 e. The molecule has 1 aliphatic carbocycles. The first-order valence-electron chi connectivity index (χ1n) is 43.4. The van der Waals surface area contributed by atoms with Crippen molar-refractivity contribution in [2.75, 3.05) is 101 Å². The summed E-state index contributed by atoms with van der Waals surface area (Å²) in [5, 5.41) is 54.3. The lowest BCUT2D eigenvalue weighted by molar-refractivity contribution is -0.203. The molecular weight excluding hydrogens is 1770 g/mol. The number of ether oxygens (including phenoxy) is 3. The van der Waals surface area contributed by atoms with Gasteiger partial charge in [-0.05, 0) is 138 Å². The summed E-state index contributed by atoms with van der Waals surface area (Å²) in [6.07, 6.45) is 8.77. The van der Waals surface area contributed by atoms with Crippen molar-refractivity contribution in [2.24, 2.45) is 39.6 Å². The second-order valence-corrected chi connectivity index (χ2v) is 36.7. The zero-order valence-electron chi connectivity index (χ0n) is 75.3. The molecule has 8 heterocycles. The number of H-pyrrole nitrogens is 2. The number of piperidine rings is 1. The van der Waals surface area contributed by atoms with Crippen LogP contribution >= 0.6 is 21.6 Å². The predicted molar refractivity (Wildman–Crippen MR) is 481 cm³/mol. The van der Waals surface area contributed by atoms with Crippen LogP contribution in [0.1, 0.15) is 163 Å². The summed E-state index contributed by atoms with van der Waals surface area (Å²) in [6, 6.07) is 15.1. The van der Waals surface area contributed by atoms with Crippen molar-refractivity contribution in [1.82, 2.24) is 56.0 Å². The first-order valence-corrected chi connectivity index (χ1v) is 45.9. The molecule has 6 aromatic rings. The molecular formula is C90H115N17O24S2. The molecule has 1 spiro atoms. The summed E-state index contributed by atoms with van der Waals surface area (Å²) < 4.78 is 18.1. The fourth-order valence-electron chi connectivity index (χ4n) is 19.7. The number of carbonyl (C=O) groups excluding carboxylic acids is 17. The first kappa shape index (κ1) is 106. The third-order valence-corrected chi connectivity index (χ3v) is 28.0. The Morgan fingerprint density at radius 1 is 0.797 bits per heavy atom. The summed E-state index contributed by atoms with van der Waals surface area (Å²) in [6.45, 7) is 13.7. The van der Waals surface area contributed by atoms with Crippen molar-refractivity contribution in [3.05, 3.63) is 123 Å². The summed E-state index contributed by atoms with van der Waals surface area (Å²) in [4.78, 5) is 229. The van der Waals surface area contributed by atoms with Crippen LogP contribution in [-0.4, -0.2) is 266 Å². The number of esters is 1. The molecule has 3 aromatic carbocycles. The summed E-state index contributed by atoms with van der Waals surface area (Å²) in [5.74, 6) is -4.67. The standard InChI is InChI=1S/C86H115N17O16S2.4CO2/c1-9-82(115)40-53-41-84(47-118-48-104,70-59(26-31-102(45-53)46-82)58-16-11-12-17-62(58)97-70)61-38-60-64(39-67(61)117-8)101(7)77-85(60)28-32-103-30-15-27-83(10-2,76(85)103)78(113)86(77,116)79(114)93-44-68(108)119-33-35-121-120-34-14-19-65(106)52(6)95-72(109)50(4)37-66(107)63(18-13-29-90-80(87)88)98-73(110)49(3)36-57(105)25-20-51(5)94-74(111)54-21-23-55(24-22-54)91-42-56-43-92-71-69(96-56)75(112)100-81(89)99-71;4*2-1-3/h11-12,15-17,21-24,27,38-39,43,48-53,63,76-78,91,97,113,115-116H,9-10,13-14,18-20,25-26,28-37,40-42,44-47H2,1-8H3,(H,93,114)(H,94,111)(H,95,109)(H,98,110)(H4,87,88,90)(H3,89,92,99,100,112);;;;/t49-,50-,51-,52+,53-,63+,76+,77-,78-,82+,83-,84+,85-,86+;;;;/m1..../s1. The molecule has 12 rings (SSSR count). The molecule has 4 amide bonds. The van der Waals surface area contributed by atoms with E-state index >= 15 is 4.79 Å². The average Bonchev–Trinajstić information content (AvgIpc) is 1.48. The van der Waals surface area contributed by atoms with Gasteiger partial charge in [-0.3, -0.25) is 67.7 Å². The van der Waals surface area contributed by atoms with Crippen LogP contribution in [0.2, 0.25) is 0 Å². The van der Waals surface area contributed by atoms with Crippen molar-refractivity contribution in [1.29, 1.82) is 0 Å². The second kappa shape index (κ2) is 48.8. The number of nitrogens with one attached hydrogen (secondary N) is 7. The van der Waals surface area contributed by atoms with E-state index in [1.807, 2.05) is 62.2 Å². The number of nitrogens with zero attached hydrogens (tertiary/aromatic N) is 7. The van der Waals surface area contributed by atoms with Crippen molar-refractivity contribution >= 4 is 145 Å². The van der Waals surface area contributed by atoms with Crippen LogP contribution in [0.3, 0.4) is 0 Å². The number of methoxy groups -OCH3 is 1. The van der Waals surface area contributed by atoms with Crippen LogP contribution in [0.15, 0.2) is 88.8 Å². The van der Waals surface area contributed by atoms with Gasteiger partial charge >= 0.3 is 30.6 Å². The Hall–Kier alpha value is -12.5. The van der Waals surface area contributed by atoms with E-state index in [9.17, 15) is 58.5 Å². The quantitative estimate of drug-likeness (QED) is 0.00499. The Labute approximate surface area is 773 Å². The molecule has 2 bridgehead atoms. The van der Waals surface area contributed by atoms with E-state index in [-0.39, 0.29) is 136 Å². The highest BCUT2D eigenvalue weighted by Gasteiger charge is 2.79. The molecule has 0 radical (unpaired) electrons. The molecule has 5 aliphatic heterocycles. The lowest BCUT2D eigenvalue weighted by Crippen LogP contribution is -2.81. The van der Waals surface area contributed by atoms with Crippen LogP contribution in [0.25, 0.3) is 22.1 Å². The number of ketones is 3. The normalized spacial score (nSPS) is 23.1. The van der Waals surface area contributed by atoms with Crippen molar-refractivity contribution < 1.29 is 111 Å². The van der Waals surface area contributed by atoms with Gasteiger partial charge in [0, 0.05) is 157 Å². The minimum absolute atomic E-state index is 0.0264. The molecule has 15 atom stereocenters. The Kier molecular flexibility index (Phi) is 38.8. The molecule has 133 heavy (non-hydrogen) atoms. The zero-order chi connectivity index (χ0) is 97.7. The number of likely N-dealkylation sites (N-methyl/N-ethyl adjacent to an activating group) is 1. The molecule has 1 saturated carbocycles. The van der Waals surface area contributed by atoms with E-state index in [0.717, 1.165) is 33.3 Å². The van der Waals surface area contributed by atoms with E-state index in [1.165, 1.54) is 27.8 Å². The van der Waals surface area contributed by atoms with E-state index in [4.69, 9.17) is 69.8 Å². The maximum atomic E-state index is 15.3. The second-order valence-electron chi connectivity index (χ2n) is 34.0. The highest BCUT2D eigenvalue weighted by atomic mass is 33.1. The average molecular weight is 1880 g/mol. The maximum Gasteiger partial charge on any atom is 0.373 e. The van der Waals surface area contributed by atoms with Gasteiger partial charge in [-0.1, -0.05) is 79.6 Å². The van der Waals surface area contributed by atoms with Gasteiger partial charge in [0.2, 0.25) is 17.8 Å². The number of aliphatic hydroxyl groups excluding tert-OH is 1. The molecule has 3 aromatic heterocycles. The number of anilines is 3. The number of amides is 4. The van der Waals surface area contributed by atoms with Crippen molar-refractivity contribution in [3.8, 4) is 5.75 Å². The van der Waals surface area contributed by atoms with Gasteiger partial charge < -0.3 is 83.2 Å². The minimum Gasteiger partial charge on any atom is -0.496 e. The number of guanidine groups is 1. The number of para-hydroxylation sites is 1. The number of nitrogens with two attached hydrogens (primary N) is 3. The number of benzene rings is 3. The summed E-state index contributed by atoms with van der Waals surface area (Å²) >= 11 is 0. The minimum atomic E-state index is -2.52. The Balaban J connectivity index is 0.00000172. The number of fused-ring (bicyclic) bond motifs is 7. The van der Waals surface area contributed by atoms with Crippen LogP contribution in [0.5, 0.6) is 5.75 Å². The fourth-order valence-corrected chi connectivity index (χ4v) is 21.6. The number of aliphatic hydroxyl groups is 3. The van der Waals surface area contributed by atoms with Gasteiger partial charge in [0.05, 0.1) is 54.7 Å². The summed E-state index contributed by atoms with van der Waals surface area (Å²) in [7, 11) is 6.30. The highest BCUT2D eigenvalue weighted by Crippen LogP contribution is 2.68. The van der Waals surface area contributed by atoms with Crippen molar-refractivity contribution in [2.45, 2.75) is 196 Å². The number of aliphatic imine (C=N–C) groups is 1. The molecule has 16 N–H and O–H groups in total. The number of hydrogen-bond acceptors (Lipinski definition) is 35. The van der Waals surface area contributed by atoms with Crippen molar-refractivity contribution in [3.63, 3.8) is 0 Å². The number of carbonyl (C=O) groups is 9. The summed E-state index contributed by atoms with van der Waals surface area (Å²) in [5.41, 5.74) is 16.3. The number of hydrogen-bond donors (Lipinski definition) is 13. The molecule has 2 saturated heterocycles.